The maximum Gasteiger partial charge on any atom is 0.303 e. The Morgan fingerprint density at radius 2 is 2.13 bits per heavy atom. The maximum absolute atomic E-state index is 10.9. The van der Waals surface area contributed by atoms with E-state index in [1.807, 2.05) is 25.9 Å². The Bertz CT molecular complexity index is 231. The van der Waals surface area contributed by atoms with Gasteiger partial charge in [0.25, 0.3) is 0 Å². The normalized spacial score (nSPS) is 36.7. The van der Waals surface area contributed by atoms with Crippen LogP contribution < -0.4 is 0 Å². The molecule has 0 aromatic rings. The fraction of sp³-hybridized carbons (Fsp3) is 0.900. The van der Waals surface area contributed by atoms with Gasteiger partial charge >= 0.3 is 5.97 Å². The summed E-state index contributed by atoms with van der Waals surface area (Å²) in [5.74, 6) is -0.399. The maximum atomic E-state index is 10.9. The van der Waals surface area contributed by atoms with Crippen molar-refractivity contribution in [3.8, 4) is 0 Å². The molecule has 88 valence electrons. The molecule has 1 heterocycles. The third kappa shape index (κ3) is 3.15. The Balaban J connectivity index is 2.73. The van der Waals surface area contributed by atoms with E-state index < -0.39 is 18.4 Å². The molecular formula is C10H19NO4. The van der Waals surface area contributed by atoms with Gasteiger partial charge in [-0.15, -0.1) is 0 Å². The molecule has 0 saturated carbocycles. The van der Waals surface area contributed by atoms with Crippen molar-refractivity contribution < 1.29 is 19.4 Å². The largest absolute Gasteiger partial charge is 0.455 e. The highest BCUT2D eigenvalue weighted by Gasteiger charge is 2.39. The number of carbonyl (C=O) groups excluding carboxylic acids is 1. The SMILES string of the molecule is CC(=O)O[C@H]1C(O)O[C@H](C)CC1N(C)C. The Morgan fingerprint density at radius 1 is 1.53 bits per heavy atom. The zero-order valence-electron chi connectivity index (χ0n) is 9.64. The zero-order chi connectivity index (χ0) is 11.6. The molecule has 1 aliphatic heterocycles. The molecule has 1 aliphatic rings. The topological polar surface area (TPSA) is 59.0 Å². The molecule has 0 bridgehead atoms. The van der Waals surface area contributed by atoms with Crippen LogP contribution in [0, 0.1) is 0 Å². The standard InChI is InChI=1S/C10H19NO4/c1-6-5-8(11(3)4)9(10(13)14-6)15-7(2)12/h6,8-10,13H,5H2,1-4H3/t6-,8?,9-,10?/m1/s1. The van der Waals surface area contributed by atoms with Crippen molar-refractivity contribution in [3.05, 3.63) is 0 Å². The molecule has 1 N–H and O–H groups in total. The average Bonchev–Trinajstić information content (AvgIpc) is 2.08. The van der Waals surface area contributed by atoms with Gasteiger partial charge in [0.05, 0.1) is 12.1 Å². The fourth-order valence-corrected chi connectivity index (χ4v) is 1.87. The second-order valence-corrected chi connectivity index (χ2v) is 4.18. The van der Waals surface area contributed by atoms with Gasteiger partial charge in [0.1, 0.15) is 0 Å². The molecule has 0 aromatic heterocycles. The second-order valence-electron chi connectivity index (χ2n) is 4.18. The minimum absolute atomic E-state index is 0.00681. The lowest BCUT2D eigenvalue weighted by atomic mass is 9.99. The molecule has 0 spiro atoms. The van der Waals surface area contributed by atoms with E-state index in [1.54, 1.807) is 0 Å². The van der Waals surface area contributed by atoms with Crippen LogP contribution in [0.15, 0.2) is 0 Å². The summed E-state index contributed by atoms with van der Waals surface area (Å²) in [4.78, 5) is 12.8. The third-order valence-electron chi connectivity index (χ3n) is 2.57. The molecule has 2 unspecified atom stereocenters. The van der Waals surface area contributed by atoms with Gasteiger partial charge in [-0.05, 0) is 27.4 Å². The third-order valence-corrected chi connectivity index (χ3v) is 2.57. The lowest BCUT2D eigenvalue weighted by molar-refractivity contribution is -0.240. The Kier molecular flexibility index (Phi) is 4.07. The van der Waals surface area contributed by atoms with Crippen LogP contribution in [0.5, 0.6) is 0 Å². The van der Waals surface area contributed by atoms with Gasteiger partial charge in [-0.3, -0.25) is 4.79 Å². The summed E-state index contributed by atoms with van der Waals surface area (Å²) in [5.41, 5.74) is 0. The lowest BCUT2D eigenvalue weighted by Crippen LogP contribution is -2.54. The number of ether oxygens (including phenoxy) is 2. The summed E-state index contributed by atoms with van der Waals surface area (Å²) >= 11 is 0. The molecule has 5 nitrogen and oxygen atoms in total. The van der Waals surface area contributed by atoms with E-state index in [4.69, 9.17) is 9.47 Å². The summed E-state index contributed by atoms with van der Waals surface area (Å²) < 4.78 is 10.3. The van der Waals surface area contributed by atoms with E-state index >= 15 is 0 Å². The highest BCUT2D eigenvalue weighted by Crippen LogP contribution is 2.24. The summed E-state index contributed by atoms with van der Waals surface area (Å²) in [5, 5.41) is 9.68. The van der Waals surface area contributed by atoms with Gasteiger partial charge in [-0.2, -0.15) is 0 Å². The van der Waals surface area contributed by atoms with Crippen molar-refractivity contribution in [1.29, 1.82) is 0 Å². The number of aliphatic hydroxyl groups is 1. The van der Waals surface area contributed by atoms with Gasteiger partial charge in [0.2, 0.25) is 0 Å². The van der Waals surface area contributed by atoms with E-state index in [2.05, 4.69) is 0 Å². The molecule has 0 aliphatic carbocycles. The van der Waals surface area contributed by atoms with Crippen molar-refractivity contribution >= 4 is 5.97 Å². The predicted octanol–water partition coefficient (Wildman–Crippen LogP) is -0.0245. The van der Waals surface area contributed by atoms with Crippen molar-refractivity contribution in [3.63, 3.8) is 0 Å². The molecule has 0 amide bonds. The van der Waals surface area contributed by atoms with Gasteiger partial charge in [0.15, 0.2) is 12.4 Å². The van der Waals surface area contributed by atoms with Crippen LogP contribution in [0.2, 0.25) is 0 Å². The molecule has 0 aromatic carbocycles. The fourth-order valence-electron chi connectivity index (χ4n) is 1.87. The van der Waals surface area contributed by atoms with Crippen LogP contribution in [-0.4, -0.2) is 54.6 Å². The number of hydrogen-bond acceptors (Lipinski definition) is 5. The molecule has 1 fully saturated rings. The number of hydrogen-bond donors (Lipinski definition) is 1. The smallest absolute Gasteiger partial charge is 0.303 e. The van der Waals surface area contributed by atoms with Crippen LogP contribution >= 0.6 is 0 Å². The molecule has 15 heavy (non-hydrogen) atoms. The quantitative estimate of drug-likeness (QED) is 0.658. The minimum atomic E-state index is -1.04. The van der Waals surface area contributed by atoms with Crippen LogP contribution in [0.4, 0.5) is 0 Å². The second kappa shape index (κ2) is 4.92. The molecule has 4 atom stereocenters. The highest BCUT2D eigenvalue weighted by atomic mass is 16.6. The van der Waals surface area contributed by atoms with Crippen LogP contribution in [0.3, 0.4) is 0 Å². The summed E-state index contributed by atoms with van der Waals surface area (Å²) in [6.45, 7) is 3.22. The monoisotopic (exact) mass is 217 g/mol. The number of likely N-dealkylation sites (N-methyl/N-ethyl adjacent to an activating group) is 1. The van der Waals surface area contributed by atoms with E-state index in [9.17, 15) is 9.90 Å². The summed E-state index contributed by atoms with van der Waals surface area (Å²) in [7, 11) is 3.79. The summed E-state index contributed by atoms with van der Waals surface area (Å²) in [6.07, 6.45) is -0.930. The average molecular weight is 217 g/mol. The Morgan fingerprint density at radius 3 is 2.60 bits per heavy atom. The Hall–Kier alpha value is -0.650. The van der Waals surface area contributed by atoms with Crippen LogP contribution in [-0.2, 0) is 14.3 Å². The predicted molar refractivity (Wildman–Crippen MR) is 54.2 cm³/mol. The van der Waals surface area contributed by atoms with Crippen molar-refractivity contribution in [2.75, 3.05) is 14.1 Å². The number of nitrogens with zero attached hydrogens (tertiary/aromatic N) is 1. The molecule has 0 radical (unpaired) electrons. The number of aliphatic hydroxyl groups excluding tert-OH is 1. The van der Waals surface area contributed by atoms with E-state index in [-0.39, 0.29) is 12.1 Å². The van der Waals surface area contributed by atoms with Gasteiger partial charge in [-0.1, -0.05) is 0 Å². The molecule has 1 rings (SSSR count). The van der Waals surface area contributed by atoms with Crippen LogP contribution in [0.25, 0.3) is 0 Å². The first-order chi connectivity index (χ1) is 6.91. The van der Waals surface area contributed by atoms with E-state index in [1.165, 1.54) is 6.92 Å². The van der Waals surface area contributed by atoms with Crippen LogP contribution in [0.1, 0.15) is 20.3 Å². The summed E-state index contributed by atoms with van der Waals surface area (Å²) in [6, 6.07) is -0.00681. The first-order valence-electron chi connectivity index (χ1n) is 5.09. The molecular weight excluding hydrogens is 198 g/mol. The van der Waals surface area contributed by atoms with Gasteiger partial charge < -0.3 is 19.5 Å². The van der Waals surface area contributed by atoms with E-state index in [0.717, 1.165) is 6.42 Å². The first kappa shape index (κ1) is 12.4. The lowest BCUT2D eigenvalue weighted by Gasteiger charge is -2.40. The number of rotatable bonds is 2. The van der Waals surface area contributed by atoms with E-state index in [0.29, 0.717) is 0 Å². The number of carbonyl (C=O) groups is 1. The molecule has 1 saturated heterocycles. The van der Waals surface area contributed by atoms with Gasteiger partial charge in [-0.25, -0.2) is 0 Å². The minimum Gasteiger partial charge on any atom is -0.455 e. The van der Waals surface area contributed by atoms with Crippen molar-refractivity contribution in [2.45, 2.75) is 44.8 Å². The zero-order valence-corrected chi connectivity index (χ0v) is 9.64. The Labute approximate surface area is 90.0 Å². The van der Waals surface area contributed by atoms with Crippen molar-refractivity contribution in [2.24, 2.45) is 0 Å². The van der Waals surface area contributed by atoms with Gasteiger partial charge in [0, 0.05) is 6.92 Å². The highest BCUT2D eigenvalue weighted by molar-refractivity contribution is 5.66. The molecule has 5 heteroatoms. The van der Waals surface area contributed by atoms with Crippen molar-refractivity contribution in [1.82, 2.24) is 4.90 Å². The number of esters is 1. The first-order valence-corrected chi connectivity index (χ1v) is 5.09.